The highest BCUT2D eigenvalue weighted by molar-refractivity contribution is 6.31. The van der Waals surface area contributed by atoms with Crippen molar-refractivity contribution >= 4 is 23.5 Å². The van der Waals surface area contributed by atoms with Crippen LogP contribution in [-0.2, 0) is 7.05 Å². The van der Waals surface area contributed by atoms with E-state index in [2.05, 4.69) is 9.88 Å². The summed E-state index contributed by atoms with van der Waals surface area (Å²) in [6.07, 6.45) is 3.70. The first-order chi connectivity index (χ1) is 11.1. The summed E-state index contributed by atoms with van der Waals surface area (Å²) in [7, 11) is 3.52. The van der Waals surface area contributed by atoms with E-state index >= 15 is 0 Å². The van der Waals surface area contributed by atoms with Gasteiger partial charge in [0.1, 0.15) is 5.75 Å². The molecule has 1 aromatic carbocycles. The van der Waals surface area contributed by atoms with Crippen LogP contribution in [0.15, 0.2) is 30.6 Å². The largest absolute Gasteiger partial charge is 0.496 e. The van der Waals surface area contributed by atoms with Gasteiger partial charge in [0.15, 0.2) is 0 Å². The van der Waals surface area contributed by atoms with Crippen LogP contribution in [0.4, 0.5) is 5.95 Å². The SMILES string of the molecule is COc1ccc(Cl)cc1C(=O)N1CCN(c2nccn2C)CC1. The molecule has 2 aromatic rings. The minimum Gasteiger partial charge on any atom is -0.496 e. The van der Waals surface area contributed by atoms with Gasteiger partial charge in [-0.2, -0.15) is 0 Å². The molecule has 2 heterocycles. The van der Waals surface area contributed by atoms with Crippen LogP contribution < -0.4 is 9.64 Å². The number of nitrogens with zero attached hydrogens (tertiary/aromatic N) is 4. The van der Waals surface area contributed by atoms with E-state index in [-0.39, 0.29) is 5.91 Å². The zero-order valence-corrected chi connectivity index (χ0v) is 14.0. The van der Waals surface area contributed by atoms with Crippen molar-refractivity contribution in [1.29, 1.82) is 0 Å². The van der Waals surface area contributed by atoms with Gasteiger partial charge in [-0.1, -0.05) is 11.6 Å². The molecule has 0 spiro atoms. The third-order valence-corrected chi connectivity index (χ3v) is 4.27. The maximum absolute atomic E-state index is 12.7. The normalized spacial score (nSPS) is 14.9. The highest BCUT2D eigenvalue weighted by atomic mass is 35.5. The second kappa shape index (κ2) is 6.50. The molecule has 0 bridgehead atoms. The molecule has 1 amide bonds. The molecular weight excluding hydrogens is 316 g/mol. The number of ether oxygens (including phenoxy) is 1. The molecule has 23 heavy (non-hydrogen) atoms. The van der Waals surface area contributed by atoms with Gasteiger partial charge in [0.25, 0.3) is 5.91 Å². The van der Waals surface area contributed by atoms with Crippen molar-refractivity contribution in [1.82, 2.24) is 14.5 Å². The van der Waals surface area contributed by atoms with Crippen molar-refractivity contribution in [2.75, 3.05) is 38.2 Å². The third-order valence-electron chi connectivity index (χ3n) is 4.04. The molecule has 0 saturated carbocycles. The van der Waals surface area contributed by atoms with E-state index in [1.807, 2.05) is 22.7 Å². The van der Waals surface area contributed by atoms with Crippen LogP contribution >= 0.6 is 11.6 Å². The Bertz CT molecular complexity index is 708. The van der Waals surface area contributed by atoms with E-state index in [4.69, 9.17) is 16.3 Å². The molecular formula is C16H19ClN4O2. The Labute approximate surface area is 140 Å². The number of hydrogen-bond acceptors (Lipinski definition) is 4. The van der Waals surface area contributed by atoms with E-state index in [0.29, 0.717) is 29.4 Å². The van der Waals surface area contributed by atoms with Gasteiger partial charge in [0.05, 0.1) is 12.7 Å². The lowest BCUT2D eigenvalue weighted by molar-refractivity contribution is 0.0742. The Morgan fingerprint density at radius 1 is 1.26 bits per heavy atom. The number of anilines is 1. The van der Waals surface area contributed by atoms with Gasteiger partial charge in [0.2, 0.25) is 5.95 Å². The van der Waals surface area contributed by atoms with Crippen LogP contribution in [0.25, 0.3) is 0 Å². The van der Waals surface area contributed by atoms with E-state index in [0.717, 1.165) is 19.0 Å². The molecule has 0 aliphatic carbocycles. The molecule has 1 aromatic heterocycles. The van der Waals surface area contributed by atoms with Crippen LogP contribution in [-0.4, -0.2) is 53.6 Å². The molecule has 1 fully saturated rings. The highest BCUT2D eigenvalue weighted by Gasteiger charge is 2.25. The first-order valence-corrected chi connectivity index (χ1v) is 7.83. The molecule has 0 unspecified atom stereocenters. The number of amides is 1. The van der Waals surface area contributed by atoms with Crippen molar-refractivity contribution in [2.24, 2.45) is 7.05 Å². The van der Waals surface area contributed by atoms with E-state index in [9.17, 15) is 4.79 Å². The smallest absolute Gasteiger partial charge is 0.257 e. The number of carbonyl (C=O) groups is 1. The summed E-state index contributed by atoms with van der Waals surface area (Å²) in [4.78, 5) is 21.1. The van der Waals surface area contributed by atoms with Crippen molar-refractivity contribution in [3.05, 3.63) is 41.2 Å². The number of carbonyl (C=O) groups excluding carboxylic acids is 1. The quantitative estimate of drug-likeness (QED) is 0.862. The van der Waals surface area contributed by atoms with Crippen molar-refractivity contribution in [2.45, 2.75) is 0 Å². The van der Waals surface area contributed by atoms with E-state index < -0.39 is 0 Å². The Morgan fingerprint density at radius 3 is 2.61 bits per heavy atom. The van der Waals surface area contributed by atoms with Gasteiger partial charge in [-0.05, 0) is 18.2 Å². The zero-order valence-electron chi connectivity index (χ0n) is 13.2. The molecule has 1 saturated heterocycles. The molecule has 1 aliphatic heterocycles. The second-order valence-electron chi connectivity index (χ2n) is 5.46. The number of rotatable bonds is 3. The van der Waals surface area contributed by atoms with E-state index in [1.165, 1.54) is 0 Å². The minimum absolute atomic E-state index is 0.0520. The summed E-state index contributed by atoms with van der Waals surface area (Å²) < 4.78 is 7.26. The van der Waals surface area contributed by atoms with Crippen LogP contribution in [0.1, 0.15) is 10.4 Å². The lowest BCUT2D eigenvalue weighted by Gasteiger charge is -2.35. The summed E-state index contributed by atoms with van der Waals surface area (Å²) in [5.74, 6) is 1.42. The Morgan fingerprint density at radius 2 is 2.00 bits per heavy atom. The van der Waals surface area contributed by atoms with Crippen LogP contribution in [0, 0.1) is 0 Å². The number of benzene rings is 1. The topological polar surface area (TPSA) is 50.6 Å². The predicted octanol–water partition coefficient (Wildman–Crippen LogP) is 2.04. The summed E-state index contributed by atoms with van der Waals surface area (Å²) in [5.41, 5.74) is 0.505. The minimum atomic E-state index is -0.0520. The Balaban J connectivity index is 1.71. The van der Waals surface area contributed by atoms with Crippen molar-refractivity contribution < 1.29 is 9.53 Å². The molecule has 0 N–H and O–H groups in total. The Kier molecular flexibility index (Phi) is 4.43. The fraction of sp³-hybridized carbons (Fsp3) is 0.375. The van der Waals surface area contributed by atoms with Crippen LogP contribution in [0.5, 0.6) is 5.75 Å². The monoisotopic (exact) mass is 334 g/mol. The average molecular weight is 335 g/mol. The number of halogens is 1. The van der Waals surface area contributed by atoms with Crippen molar-refractivity contribution in [3.63, 3.8) is 0 Å². The van der Waals surface area contributed by atoms with Gasteiger partial charge in [-0.15, -0.1) is 0 Å². The summed E-state index contributed by atoms with van der Waals surface area (Å²) in [6, 6.07) is 5.10. The van der Waals surface area contributed by atoms with Crippen LogP contribution in [0.2, 0.25) is 5.02 Å². The third kappa shape index (κ3) is 3.12. The molecule has 122 valence electrons. The van der Waals surface area contributed by atoms with Gasteiger partial charge in [-0.25, -0.2) is 4.98 Å². The standard InChI is InChI=1S/C16H19ClN4O2/c1-19-6-5-18-16(19)21-9-7-20(8-10-21)15(22)13-11-12(17)3-4-14(13)23-2/h3-6,11H,7-10H2,1-2H3. The van der Waals surface area contributed by atoms with Crippen molar-refractivity contribution in [3.8, 4) is 5.75 Å². The molecule has 3 rings (SSSR count). The zero-order chi connectivity index (χ0) is 16.4. The molecule has 0 atom stereocenters. The van der Waals surface area contributed by atoms with Gasteiger partial charge in [0, 0.05) is 50.6 Å². The lowest BCUT2D eigenvalue weighted by atomic mass is 10.1. The number of imidazole rings is 1. The summed E-state index contributed by atoms with van der Waals surface area (Å²) in [5, 5.41) is 0.529. The van der Waals surface area contributed by atoms with E-state index in [1.54, 1.807) is 31.5 Å². The second-order valence-corrected chi connectivity index (χ2v) is 5.90. The summed E-state index contributed by atoms with van der Waals surface area (Å²) >= 11 is 6.02. The highest BCUT2D eigenvalue weighted by Crippen LogP contribution is 2.25. The molecule has 1 aliphatic rings. The number of methoxy groups -OCH3 is 1. The first kappa shape index (κ1) is 15.7. The van der Waals surface area contributed by atoms with Gasteiger partial charge >= 0.3 is 0 Å². The van der Waals surface area contributed by atoms with Gasteiger partial charge < -0.3 is 19.1 Å². The maximum atomic E-state index is 12.7. The number of aromatic nitrogens is 2. The average Bonchev–Trinajstić information content (AvgIpc) is 3.00. The molecule has 0 radical (unpaired) electrons. The fourth-order valence-electron chi connectivity index (χ4n) is 2.79. The fourth-order valence-corrected chi connectivity index (χ4v) is 2.96. The number of aryl methyl sites for hydroxylation is 1. The lowest BCUT2D eigenvalue weighted by Crippen LogP contribution is -2.49. The predicted molar refractivity (Wildman–Crippen MR) is 89.3 cm³/mol. The first-order valence-electron chi connectivity index (χ1n) is 7.45. The molecule has 7 heteroatoms. The maximum Gasteiger partial charge on any atom is 0.257 e. The molecule has 6 nitrogen and oxygen atoms in total. The van der Waals surface area contributed by atoms with Gasteiger partial charge in [-0.3, -0.25) is 4.79 Å². The number of piperazine rings is 1. The number of hydrogen-bond donors (Lipinski definition) is 0. The Hall–Kier alpha value is -2.21. The summed E-state index contributed by atoms with van der Waals surface area (Å²) in [6.45, 7) is 2.78. The van der Waals surface area contributed by atoms with Crippen LogP contribution in [0.3, 0.4) is 0 Å².